The lowest BCUT2D eigenvalue weighted by atomic mass is 10.1. The van der Waals surface area contributed by atoms with Crippen LogP contribution < -0.4 is 10.3 Å². The third kappa shape index (κ3) is 4.30. The Labute approximate surface area is 142 Å². The summed E-state index contributed by atoms with van der Waals surface area (Å²) in [6, 6.07) is 3.81. The van der Waals surface area contributed by atoms with Crippen molar-refractivity contribution in [3.05, 3.63) is 41.7 Å². The first kappa shape index (κ1) is 18.3. The van der Waals surface area contributed by atoms with Gasteiger partial charge in [-0.05, 0) is 30.4 Å². The van der Waals surface area contributed by atoms with Crippen molar-refractivity contribution in [1.29, 1.82) is 0 Å². The van der Waals surface area contributed by atoms with Crippen LogP contribution in [0.5, 0.6) is 0 Å². The Morgan fingerprint density at radius 1 is 1.38 bits per heavy atom. The maximum atomic E-state index is 13.1. The number of rotatable bonds is 2. The molecule has 0 radical (unpaired) electrons. The fourth-order valence-corrected chi connectivity index (χ4v) is 2.69. The quantitative estimate of drug-likeness (QED) is 0.852. The number of alkyl halides is 3. The van der Waals surface area contributed by atoms with Gasteiger partial charge in [0.2, 0.25) is 0 Å². The number of anilines is 1. The minimum absolute atomic E-state index is 0.0152. The van der Waals surface area contributed by atoms with Crippen LogP contribution in [-0.2, 0) is 6.18 Å². The van der Waals surface area contributed by atoms with Crippen molar-refractivity contribution < 1.29 is 18.3 Å². The number of nitrogens with zero attached hydrogens (tertiary/aromatic N) is 3. The number of amidine groups is 1. The smallest absolute Gasteiger partial charge is 0.368 e. The first-order chi connectivity index (χ1) is 11.3. The van der Waals surface area contributed by atoms with Crippen LogP contribution in [0.15, 0.2) is 40.7 Å². The van der Waals surface area contributed by atoms with Crippen molar-refractivity contribution in [3.63, 3.8) is 0 Å². The lowest BCUT2D eigenvalue weighted by Crippen LogP contribution is -2.33. The second-order valence-corrected chi connectivity index (χ2v) is 6.08. The number of thioether (sulfide) groups is 1. The fourth-order valence-electron chi connectivity index (χ4n) is 2.16. The third-order valence-corrected chi connectivity index (χ3v) is 4.00. The van der Waals surface area contributed by atoms with Crippen LogP contribution in [0.3, 0.4) is 0 Å². The summed E-state index contributed by atoms with van der Waals surface area (Å²) in [6.07, 6.45) is -1.68. The zero-order chi connectivity index (χ0) is 17.7. The highest BCUT2D eigenvalue weighted by Crippen LogP contribution is 2.36. The van der Waals surface area contributed by atoms with E-state index in [1.807, 2.05) is 6.92 Å². The Hall–Kier alpha value is -2.00. The van der Waals surface area contributed by atoms with Crippen LogP contribution in [0.25, 0.3) is 0 Å². The van der Waals surface area contributed by atoms with Crippen LogP contribution in [-0.4, -0.2) is 28.5 Å². The lowest BCUT2D eigenvalue weighted by molar-refractivity contribution is -0.138. The molecule has 1 aromatic carbocycles. The number of halogens is 3. The Morgan fingerprint density at radius 2 is 2.12 bits per heavy atom. The van der Waals surface area contributed by atoms with Crippen molar-refractivity contribution in [2.45, 2.75) is 26.3 Å². The molecule has 130 valence electrons. The number of hydrogen-bond acceptors (Lipinski definition) is 6. The molecule has 0 saturated carbocycles. The van der Waals surface area contributed by atoms with Crippen molar-refractivity contribution in [1.82, 2.24) is 5.43 Å². The number of aliphatic imine (C=N–C) groups is 1. The Kier molecular flexibility index (Phi) is 5.89. The SMILES string of the molecule is CCSC1=N/C=C\N(c2cccc(C(F)(F)F)c2C)C(O)/C=N/N1. The van der Waals surface area contributed by atoms with Crippen LogP contribution in [0.4, 0.5) is 18.9 Å². The van der Waals surface area contributed by atoms with Gasteiger partial charge in [0.1, 0.15) is 0 Å². The van der Waals surface area contributed by atoms with Crippen LogP contribution >= 0.6 is 11.8 Å². The lowest BCUT2D eigenvalue weighted by Gasteiger charge is -2.26. The molecule has 0 bridgehead atoms. The molecule has 5 nitrogen and oxygen atoms in total. The van der Waals surface area contributed by atoms with E-state index in [0.717, 1.165) is 11.8 Å². The monoisotopic (exact) mass is 358 g/mol. The van der Waals surface area contributed by atoms with Gasteiger partial charge < -0.3 is 10.0 Å². The molecular weight excluding hydrogens is 341 g/mol. The second kappa shape index (κ2) is 7.71. The zero-order valence-corrected chi connectivity index (χ0v) is 13.9. The molecular formula is C15H17F3N4OS. The van der Waals surface area contributed by atoms with Crippen LogP contribution in [0, 0.1) is 6.92 Å². The van der Waals surface area contributed by atoms with Gasteiger partial charge in [-0.2, -0.15) is 18.3 Å². The number of hydrazone groups is 1. The highest BCUT2D eigenvalue weighted by Gasteiger charge is 2.33. The van der Waals surface area contributed by atoms with E-state index in [0.29, 0.717) is 5.17 Å². The highest BCUT2D eigenvalue weighted by molar-refractivity contribution is 8.13. The van der Waals surface area contributed by atoms with E-state index < -0.39 is 18.0 Å². The maximum Gasteiger partial charge on any atom is 0.416 e. The van der Waals surface area contributed by atoms with Crippen molar-refractivity contribution in [3.8, 4) is 0 Å². The predicted molar refractivity (Wildman–Crippen MR) is 91.0 cm³/mol. The topological polar surface area (TPSA) is 60.2 Å². The van der Waals surface area contributed by atoms with Crippen molar-refractivity contribution >= 4 is 28.8 Å². The van der Waals surface area contributed by atoms with Gasteiger partial charge in [-0.15, -0.1) is 0 Å². The summed E-state index contributed by atoms with van der Waals surface area (Å²) in [5.41, 5.74) is 2.17. The van der Waals surface area contributed by atoms with Gasteiger partial charge in [-0.25, -0.2) is 4.99 Å². The Morgan fingerprint density at radius 3 is 2.79 bits per heavy atom. The normalized spacial score (nSPS) is 21.2. The molecule has 1 unspecified atom stereocenters. The van der Waals surface area contributed by atoms with Crippen molar-refractivity contribution in [2.24, 2.45) is 10.1 Å². The summed E-state index contributed by atoms with van der Waals surface area (Å²) in [5, 5.41) is 14.6. The molecule has 24 heavy (non-hydrogen) atoms. The summed E-state index contributed by atoms with van der Waals surface area (Å²) in [5.74, 6) is 0.772. The van der Waals surface area contributed by atoms with Gasteiger partial charge >= 0.3 is 6.18 Å². The number of hydrogen-bond donors (Lipinski definition) is 2. The molecule has 9 heteroatoms. The minimum Gasteiger partial charge on any atom is -0.368 e. The summed E-state index contributed by atoms with van der Waals surface area (Å²) >= 11 is 1.42. The van der Waals surface area contributed by atoms with E-state index in [9.17, 15) is 18.3 Å². The van der Waals surface area contributed by atoms with E-state index in [2.05, 4.69) is 15.5 Å². The molecule has 1 aliphatic heterocycles. The molecule has 1 aliphatic rings. The molecule has 2 N–H and O–H groups in total. The molecule has 0 amide bonds. The average Bonchev–Trinajstić information content (AvgIpc) is 2.58. The first-order valence-electron chi connectivity index (χ1n) is 7.14. The van der Waals surface area contributed by atoms with Gasteiger partial charge in [0.25, 0.3) is 0 Å². The predicted octanol–water partition coefficient (Wildman–Crippen LogP) is 3.31. The van der Waals surface area contributed by atoms with Gasteiger partial charge in [-0.3, -0.25) is 5.43 Å². The Bertz CT molecular complexity index is 673. The summed E-state index contributed by atoms with van der Waals surface area (Å²) in [6.45, 7) is 3.31. The second-order valence-electron chi connectivity index (χ2n) is 4.82. The molecule has 0 aromatic heterocycles. The molecule has 0 spiro atoms. The molecule has 1 aromatic rings. The number of aliphatic hydroxyl groups excluding tert-OH is 1. The van der Waals surface area contributed by atoms with Crippen LogP contribution in [0.1, 0.15) is 18.1 Å². The Balaban J connectivity index is 2.43. The largest absolute Gasteiger partial charge is 0.416 e. The molecule has 0 saturated heterocycles. The average molecular weight is 358 g/mol. The standard InChI is InChI=1S/C15H17F3N4OS/c1-3-24-14-19-7-8-22(13(23)9-20-21-14)12-6-4-5-11(10(12)2)15(16,17)18/h4-9,13,23H,3H2,1-2H3,(H,19,21)/b8-7-,20-9+. The van der Waals surface area contributed by atoms with Crippen molar-refractivity contribution in [2.75, 3.05) is 10.7 Å². The minimum atomic E-state index is -4.47. The third-order valence-electron chi connectivity index (χ3n) is 3.24. The van der Waals surface area contributed by atoms with Gasteiger partial charge in [0.05, 0.1) is 11.8 Å². The molecule has 1 heterocycles. The molecule has 1 atom stereocenters. The number of benzene rings is 1. The van der Waals surface area contributed by atoms with Gasteiger partial charge in [-0.1, -0.05) is 24.8 Å². The first-order valence-corrected chi connectivity index (χ1v) is 8.12. The van der Waals surface area contributed by atoms with Gasteiger partial charge in [0, 0.05) is 18.1 Å². The van der Waals surface area contributed by atoms with E-state index in [4.69, 9.17) is 0 Å². The van der Waals surface area contributed by atoms with Gasteiger partial charge in [0.15, 0.2) is 11.4 Å². The van der Waals surface area contributed by atoms with E-state index in [1.165, 1.54) is 54.3 Å². The molecule has 0 aliphatic carbocycles. The fraction of sp³-hybridized carbons (Fsp3) is 0.333. The van der Waals surface area contributed by atoms with Crippen LogP contribution in [0.2, 0.25) is 0 Å². The number of nitrogens with one attached hydrogen (secondary N) is 1. The maximum absolute atomic E-state index is 13.1. The van der Waals surface area contributed by atoms with E-state index in [1.54, 1.807) is 0 Å². The summed E-state index contributed by atoms with van der Waals surface area (Å²) in [7, 11) is 0. The molecule has 0 fully saturated rings. The zero-order valence-electron chi connectivity index (χ0n) is 13.1. The number of aliphatic hydroxyl groups is 1. The highest BCUT2D eigenvalue weighted by atomic mass is 32.2. The summed E-state index contributed by atoms with van der Waals surface area (Å²) in [4.78, 5) is 5.42. The van der Waals surface area contributed by atoms with E-state index >= 15 is 0 Å². The van der Waals surface area contributed by atoms with E-state index in [-0.39, 0.29) is 11.3 Å². The molecule has 2 rings (SSSR count). The summed E-state index contributed by atoms with van der Waals surface area (Å²) < 4.78 is 39.2.